The SMILES string of the molecule is OC12CCOC[C@@H]1CCC[C@H]2Nc1ccccc1. The van der Waals surface area contributed by atoms with Crippen LogP contribution in [0.2, 0.25) is 0 Å². The van der Waals surface area contributed by atoms with Crippen molar-refractivity contribution in [3.05, 3.63) is 30.3 Å². The van der Waals surface area contributed by atoms with Gasteiger partial charge in [0.05, 0.1) is 18.2 Å². The van der Waals surface area contributed by atoms with E-state index < -0.39 is 5.60 Å². The van der Waals surface area contributed by atoms with Gasteiger partial charge in [0.15, 0.2) is 0 Å². The van der Waals surface area contributed by atoms with Gasteiger partial charge >= 0.3 is 0 Å². The van der Waals surface area contributed by atoms with Crippen LogP contribution in [0, 0.1) is 5.92 Å². The summed E-state index contributed by atoms with van der Waals surface area (Å²) >= 11 is 0. The minimum absolute atomic E-state index is 0.155. The van der Waals surface area contributed by atoms with E-state index in [1.54, 1.807) is 0 Å². The monoisotopic (exact) mass is 247 g/mol. The van der Waals surface area contributed by atoms with Crippen LogP contribution in [0.4, 0.5) is 5.69 Å². The molecule has 1 aromatic rings. The van der Waals surface area contributed by atoms with E-state index in [0.717, 1.165) is 24.9 Å². The van der Waals surface area contributed by atoms with E-state index >= 15 is 0 Å². The second-order valence-electron chi connectivity index (χ2n) is 5.51. The third kappa shape index (κ3) is 2.13. The number of fused-ring (bicyclic) bond motifs is 1. The molecule has 2 fully saturated rings. The zero-order chi connectivity index (χ0) is 12.4. The topological polar surface area (TPSA) is 41.5 Å². The number of anilines is 1. The van der Waals surface area contributed by atoms with Gasteiger partial charge in [-0.15, -0.1) is 0 Å². The molecule has 3 heteroatoms. The Balaban J connectivity index is 1.78. The van der Waals surface area contributed by atoms with Crippen molar-refractivity contribution in [1.29, 1.82) is 0 Å². The number of benzene rings is 1. The first kappa shape index (κ1) is 12.0. The van der Waals surface area contributed by atoms with Crippen LogP contribution in [0.3, 0.4) is 0 Å². The summed E-state index contributed by atoms with van der Waals surface area (Å²) in [4.78, 5) is 0. The van der Waals surface area contributed by atoms with Crippen LogP contribution in [0.1, 0.15) is 25.7 Å². The highest BCUT2D eigenvalue weighted by Gasteiger charge is 2.47. The van der Waals surface area contributed by atoms with Gasteiger partial charge in [-0.1, -0.05) is 24.6 Å². The van der Waals surface area contributed by atoms with E-state index in [4.69, 9.17) is 4.74 Å². The highest BCUT2D eigenvalue weighted by molar-refractivity contribution is 5.44. The molecule has 3 atom stereocenters. The molecule has 0 spiro atoms. The molecule has 1 aliphatic carbocycles. The van der Waals surface area contributed by atoms with Crippen molar-refractivity contribution in [1.82, 2.24) is 0 Å². The number of rotatable bonds is 2. The molecule has 3 rings (SSSR count). The fourth-order valence-electron chi connectivity index (χ4n) is 3.35. The molecule has 1 heterocycles. The van der Waals surface area contributed by atoms with E-state index in [1.807, 2.05) is 18.2 Å². The quantitative estimate of drug-likeness (QED) is 0.843. The zero-order valence-electron chi connectivity index (χ0n) is 10.6. The third-order valence-corrected chi connectivity index (χ3v) is 4.44. The molecule has 0 amide bonds. The Kier molecular flexibility index (Phi) is 3.27. The van der Waals surface area contributed by atoms with Crippen molar-refractivity contribution in [3.8, 4) is 0 Å². The lowest BCUT2D eigenvalue weighted by Crippen LogP contribution is -2.58. The number of hydrogen-bond donors (Lipinski definition) is 2. The number of nitrogens with one attached hydrogen (secondary N) is 1. The van der Waals surface area contributed by atoms with Crippen molar-refractivity contribution in [2.75, 3.05) is 18.5 Å². The third-order valence-electron chi connectivity index (χ3n) is 4.44. The van der Waals surface area contributed by atoms with Gasteiger partial charge in [0.25, 0.3) is 0 Å². The van der Waals surface area contributed by atoms with Crippen LogP contribution >= 0.6 is 0 Å². The molecule has 0 radical (unpaired) electrons. The normalized spacial score (nSPS) is 35.8. The molecule has 1 aromatic carbocycles. The molecule has 1 aliphatic heterocycles. The van der Waals surface area contributed by atoms with E-state index in [-0.39, 0.29) is 6.04 Å². The van der Waals surface area contributed by atoms with Gasteiger partial charge in [-0.25, -0.2) is 0 Å². The number of para-hydroxylation sites is 1. The lowest BCUT2D eigenvalue weighted by atomic mass is 9.69. The van der Waals surface area contributed by atoms with Crippen LogP contribution in [-0.2, 0) is 4.74 Å². The smallest absolute Gasteiger partial charge is 0.0919 e. The predicted molar refractivity (Wildman–Crippen MR) is 71.6 cm³/mol. The van der Waals surface area contributed by atoms with Gasteiger partial charge in [0, 0.05) is 24.6 Å². The molecule has 1 saturated heterocycles. The Morgan fingerprint density at radius 1 is 1.22 bits per heavy atom. The molecule has 18 heavy (non-hydrogen) atoms. The minimum Gasteiger partial charge on any atom is -0.387 e. The average molecular weight is 247 g/mol. The summed E-state index contributed by atoms with van der Waals surface area (Å²) in [6.07, 6.45) is 4.05. The Morgan fingerprint density at radius 2 is 2.06 bits per heavy atom. The first-order valence-corrected chi connectivity index (χ1v) is 6.91. The van der Waals surface area contributed by atoms with Gasteiger partial charge in [-0.2, -0.15) is 0 Å². The van der Waals surface area contributed by atoms with Gasteiger partial charge in [-0.3, -0.25) is 0 Å². The second kappa shape index (κ2) is 4.90. The Bertz CT molecular complexity index is 393. The summed E-state index contributed by atoms with van der Waals surface area (Å²) in [6, 6.07) is 10.3. The summed E-state index contributed by atoms with van der Waals surface area (Å²) in [6.45, 7) is 1.39. The number of aliphatic hydroxyl groups is 1. The molecular weight excluding hydrogens is 226 g/mol. The zero-order valence-corrected chi connectivity index (χ0v) is 10.6. The largest absolute Gasteiger partial charge is 0.387 e. The first-order valence-electron chi connectivity index (χ1n) is 6.91. The average Bonchev–Trinajstić information content (AvgIpc) is 2.41. The summed E-state index contributed by atoms with van der Waals surface area (Å²) in [5.74, 6) is 0.293. The van der Waals surface area contributed by atoms with Crippen LogP contribution in [0.25, 0.3) is 0 Å². The highest BCUT2D eigenvalue weighted by atomic mass is 16.5. The lowest BCUT2D eigenvalue weighted by molar-refractivity contribution is -0.137. The standard InChI is InChI=1S/C15H21NO2/c17-15-9-10-18-11-12(15)5-4-8-14(15)16-13-6-2-1-3-7-13/h1-3,6-7,12,14,16-17H,4-5,8-11H2/t12-,14+,15?/m0/s1. The maximum atomic E-state index is 11.0. The van der Waals surface area contributed by atoms with Crippen molar-refractivity contribution in [2.45, 2.75) is 37.3 Å². The summed E-state index contributed by atoms with van der Waals surface area (Å²) in [5, 5.41) is 14.5. The van der Waals surface area contributed by atoms with Gasteiger partial charge in [0.2, 0.25) is 0 Å². The minimum atomic E-state index is -0.591. The molecule has 0 aromatic heterocycles. The van der Waals surface area contributed by atoms with Crippen molar-refractivity contribution in [3.63, 3.8) is 0 Å². The molecule has 3 nitrogen and oxygen atoms in total. The van der Waals surface area contributed by atoms with Crippen LogP contribution in [0.5, 0.6) is 0 Å². The van der Waals surface area contributed by atoms with E-state index in [9.17, 15) is 5.11 Å². The Hall–Kier alpha value is -1.06. The summed E-state index contributed by atoms with van der Waals surface area (Å²) in [7, 11) is 0. The fourth-order valence-corrected chi connectivity index (χ4v) is 3.35. The molecular formula is C15H21NO2. The van der Waals surface area contributed by atoms with Gasteiger partial charge < -0.3 is 15.2 Å². The molecule has 2 aliphatic rings. The van der Waals surface area contributed by atoms with Crippen molar-refractivity contribution in [2.24, 2.45) is 5.92 Å². The van der Waals surface area contributed by atoms with Crippen LogP contribution in [-0.4, -0.2) is 30.0 Å². The molecule has 98 valence electrons. The molecule has 1 unspecified atom stereocenters. The maximum Gasteiger partial charge on any atom is 0.0919 e. The highest BCUT2D eigenvalue weighted by Crippen LogP contribution is 2.40. The van der Waals surface area contributed by atoms with E-state index in [1.165, 1.54) is 6.42 Å². The Labute approximate surface area is 108 Å². The first-order chi connectivity index (χ1) is 8.79. The summed E-state index contributed by atoms with van der Waals surface area (Å²) in [5.41, 5.74) is 0.509. The fraction of sp³-hybridized carbons (Fsp3) is 0.600. The summed E-state index contributed by atoms with van der Waals surface area (Å²) < 4.78 is 5.51. The van der Waals surface area contributed by atoms with Crippen molar-refractivity contribution < 1.29 is 9.84 Å². The van der Waals surface area contributed by atoms with Crippen LogP contribution in [0.15, 0.2) is 30.3 Å². The Morgan fingerprint density at radius 3 is 2.89 bits per heavy atom. The maximum absolute atomic E-state index is 11.0. The molecule has 2 N–H and O–H groups in total. The predicted octanol–water partition coefficient (Wildman–Crippen LogP) is 2.42. The second-order valence-corrected chi connectivity index (χ2v) is 5.51. The van der Waals surface area contributed by atoms with E-state index in [2.05, 4.69) is 17.4 Å². The molecule has 1 saturated carbocycles. The molecule has 0 bridgehead atoms. The lowest BCUT2D eigenvalue weighted by Gasteiger charge is -2.48. The van der Waals surface area contributed by atoms with Crippen LogP contribution < -0.4 is 5.32 Å². The van der Waals surface area contributed by atoms with Gasteiger partial charge in [0.1, 0.15) is 0 Å². The number of ether oxygens (including phenoxy) is 1. The van der Waals surface area contributed by atoms with Gasteiger partial charge in [-0.05, 0) is 25.0 Å². The van der Waals surface area contributed by atoms with E-state index in [0.29, 0.717) is 19.1 Å². The number of hydrogen-bond acceptors (Lipinski definition) is 3. The van der Waals surface area contributed by atoms with Crippen molar-refractivity contribution >= 4 is 5.69 Å².